The quantitative estimate of drug-likeness (QED) is 0.545. The maximum atomic E-state index is 11.4. The largest absolute Gasteiger partial charge is 0.550 e. The molecule has 0 spiro atoms. The first-order chi connectivity index (χ1) is 9.07. The number of carbonyl (C=O) groups is 3. The van der Waals surface area contributed by atoms with Crippen LogP contribution in [0.4, 0.5) is 0 Å². The van der Waals surface area contributed by atoms with Gasteiger partial charge in [0.05, 0.1) is 11.9 Å². The van der Waals surface area contributed by atoms with Crippen LogP contribution in [0.15, 0.2) is 24.3 Å². The molecule has 0 rings (SSSR count). The third-order valence-corrected chi connectivity index (χ3v) is 2.57. The van der Waals surface area contributed by atoms with E-state index < -0.39 is 36.0 Å². The van der Waals surface area contributed by atoms with Crippen molar-refractivity contribution in [3.8, 4) is 0 Å². The predicted molar refractivity (Wildman–Crippen MR) is 75.2 cm³/mol. The summed E-state index contributed by atoms with van der Waals surface area (Å²) in [6.07, 6.45) is -2.06. The second kappa shape index (κ2) is 8.91. The first-order valence-corrected chi connectivity index (χ1v) is 6.01. The van der Waals surface area contributed by atoms with Gasteiger partial charge < -0.3 is 25.5 Å². The Morgan fingerprint density at radius 2 is 1.19 bits per heavy atom. The summed E-state index contributed by atoms with van der Waals surface area (Å²) in [5.74, 6) is -4.21. The maximum Gasteiger partial charge on any atom is 0.333 e. The molecule has 21 heavy (non-hydrogen) atoms. The van der Waals surface area contributed by atoms with Crippen molar-refractivity contribution < 1.29 is 29.0 Å². The number of ether oxygens (including phenoxy) is 2. The van der Waals surface area contributed by atoms with Gasteiger partial charge in [-0.25, -0.2) is 9.59 Å². The number of hydrogen-bond acceptors (Lipinski definition) is 6. The number of quaternary nitrogens is 1. The van der Waals surface area contributed by atoms with Crippen LogP contribution < -0.4 is 11.3 Å². The first-order valence-electron chi connectivity index (χ1n) is 6.01. The highest BCUT2D eigenvalue weighted by atomic mass is 16.6. The van der Waals surface area contributed by atoms with Gasteiger partial charge in [-0.3, -0.25) is 0 Å². The summed E-state index contributed by atoms with van der Waals surface area (Å²) in [6.45, 7) is 12.4. The van der Waals surface area contributed by atoms with E-state index >= 15 is 0 Å². The Labute approximate surface area is 124 Å². The molecule has 0 amide bonds. The molecule has 2 unspecified atom stereocenters. The lowest BCUT2D eigenvalue weighted by atomic mass is 9.97. The minimum Gasteiger partial charge on any atom is -0.550 e. The Morgan fingerprint density at radius 1 is 0.905 bits per heavy atom. The fourth-order valence-corrected chi connectivity index (χ4v) is 1.45. The summed E-state index contributed by atoms with van der Waals surface area (Å²) in [5.41, 5.74) is 0.279. The van der Waals surface area contributed by atoms with Gasteiger partial charge in [-0.1, -0.05) is 13.2 Å². The molecule has 2 atom stereocenters. The van der Waals surface area contributed by atoms with E-state index in [2.05, 4.69) is 13.2 Å². The molecule has 0 fully saturated rings. The van der Waals surface area contributed by atoms with Crippen molar-refractivity contribution in [2.45, 2.75) is 39.9 Å². The maximum absolute atomic E-state index is 11.4. The summed E-state index contributed by atoms with van der Waals surface area (Å²) >= 11 is 0. The lowest BCUT2D eigenvalue weighted by molar-refractivity contribution is -0.317. The molecule has 7 heteroatoms. The molecule has 0 aliphatic rings. The van der Waals surface area contributed by atoms with Crippen molar-refractivity contribution in [3.63, 3.8) is 0 Å². The van der Waals surface area contributed by atoms with Crippen LogP contribution in [-0.4, -0.2) is 30.1 Å². The second-order valence-electron chi connectivity index (χ2n) is 4.63. The van der Waals surface area contributed by atoms with Gasteiger partial charge in [0.15, 0.2) is 0 Å². The molecule has 0 aromatic heterocycles. The summed E-state index contributed by atoms with van der Waals surface area (Å²) < 4.78 is 9.85. The van der Waals surface area contributed by atoms with E-state index in [0.717, 1.165) is 0 Å². The molecule has 0 saturated carbocycles. The Balaban J connectivity index is 0. The van der Waals surface area contributed by atoms with Crippen LogP contribution >= 0.6 is 0 Å². The monoisotopic (exact) mass is 301 g/mol. The molecule has 0 saturated heterocycles. The third-order valence-electron chi connectivity index (χ3n) is 2.57. The van der Waals surface area contributed by atoms with Crippen molar-refractivity contribution in [1.29, 1.82) is 0 Å². The van der Waals surface area contributed by atoms with Crippen molar-refractivity contribution >= 4 is 17.9 Å². The molecule has 0 heterocycles. The highest BCUT2D eigenvalue weighted by molar-refractivity contribution is 5.88. The van der Waals surface area contributed by atoms with Crippen molar-refractivity contribution in [1.82, 2.24) is 6.15 Å². The van der Waals surface area contributed by atoms with E-state index in [1.165, 1.54) is 27.7 Å². The van der Waals surface area contributed by atoms with Crippen LogP contribution in [0.25, 0.3) is 0 Å². The number of rotatable bonds is 7. The third kappa shape index (κ3) is 6.71. The number of hydrogen-bond donors (Lipinski definition) is 1. The minimum atomic E-state index is -1.48. The molecular weight excluding hydrogens is 278 g/mol. The van der Waals surface area contributed by atoms with Crippen molar-refractivity contribution in [2.24, 2.45) is 5.92 Å². The number of carbonyl (C=O) groups excluding carboxylic acids is 3. The zero-order valence-corrected chi connectivity index (χ0v) is 13.1. The van der Waals surface area contributed by atoms with E-state index in [1.807, 2.05) is 0 Å². The SMILES string of the molecule is C=C(C)C(=O)OC(C)C(C(=O)[O-])C(C)OC(=O)C(=C)C.[NH4+]. The topological polar surface area (TPSA) is 129 Å². The smallest absolute Gasteiger partial charge is 0.333 e. The lowest BCUT2D eigenvalue weighted by Crippen LogP contribution is -2.46. The number of aliphatic carboxylic acids is 1. The van der Waals surface area contributed by atoms with E-state index in [9.17, 15) is 19.5 Å². The van der Waals surface area contributed by atoms with Crippen LogP contribution in [0.5, 0.6) is 0 Å². The van der Waals surface area contributed by atoms with Gasteiger partial charge in [-0.15, -0.1) is 0 Å². The highest BCUT2D eigenvalue weighted by Crippen LogP contribution is 2.17. The minimum absolute atomic E-state index is 0. The van der Waals surface area contributed by atoms with Gasteiger partial charge in [0.1, 0.15) is 12.2 Å². The molecule has 0 radical (unpaired) electrons. The second-order valence-corrected chi connectivity index (χ2v) is 4.63. The van der Waals surface area contributed by atoms with E-state index in [1.54, 1.807) is 0 Å². The zero-order valence-electron chi connectivity index (χ0n) is 13.1. The molecule has 0 bridgehead atoms. The van der Waals surface area contributed by atoms with Crippen LogP contribution in [0.1, 0.15) is 27.7 Å². The molecule has 0 aromatic carbocycles. The standard InChI is InChI=1S/C14H20O6.H3N/c1-7(2)13(17)19-9(5)11(12(15)16)10(6)20-14(18)8(3)4;/h9-11H,1,3H2,2,4-6H3,(H,15,16);1H3. The van der Waals surface area contributed by atoms with Gasteiger partial charge in [-0.05, 0) is 27.7 Å². The first kappa shape index (κ1) is 21.2. The van der Waals surface area contributed by atoms with E-state index in [0.29, 0.717) is 0 Å². The molecule has 0 aliphatic heterocycles. The molecule has 0 aliphatic carbocycles. The summed E-state index contributed by atoms with van der Waals surface area (Å²) in [4.78, 5) is 33.9. The molecule has 0 aromatic rings. The molecule has 4 N–H and O–H groups in total. The van der Waals surface area contributed by atoms with Crippen LogP contribution in [0, 0.1) is 5.92 Å². The summed E-state index contributed by atoms with van der Waals surface area (Å²) in [6, 6.07) is 0. The number of carboxylic acid groups (broad SMARTS) is 1. The van der Waals surface area contributed by atoms with Gasteiger partial charge in [0.25, 0.3) is 0 Å². The summed E-state index contributed by atoms with van der Waals surface area (Å²) in [7, 11) is 0. The van der Waals surface area contributed by atoms with Crippen LogP contribution in [0.3, 0.4) is 0 Å². The average Bonchev–Trinajstić information content (AvgIpc) is 2.27. The van der Waals surface area contributed by atoms with Crippen LogP contribution in [0.2, 0.25) is 0 Å². The Morgan fingerprint density at radius 3 is 1.38 bits per heavy atom. The number of carboxylic acids is 1. The van der Waals surface area contributed by atoms with Crippen molar-refractivity contribution in [3.05, 3.63) is 24.3 Å². The van der Waals surface area contributed by atoms with E-state index in [-0.39, 0.29) is 17.3 Å². The Kier molecular flexibility index (Phi) is 8.97. The average molecular weight is 301 g/mol. The van der Waals surface area contributed by atoms with Gasteiger partial charge in [-0.2, -0.15) is 0 Å². The zero-order chi connectivity index (χ0) is 16.0. The molecular formula is C14H23NO6. The van der Waals surface area contributed by atoms with Gasteiger partial charge >= 0.3 is 11.9 Å². The predicted octanol–water partition coefficient (Wildman–Crippen LogP) is 0.744. The Bertz CT molecular complexity index is 409. The summed E-state index contributed by atoms with van der Waals surface area (Å²) in [5, 5.41) is 11.1. The van der Waals surface area contributed by atoms with Crippen molar-refractivity contribution in [2.75, 3.05) is 0 Å². The number of esters is 2. The van der Waals surface area contributed by atoms with Gasteiger partial charge in [0.2, 0.25) is 0 Å². The Hall–Kier alpha value is -2.15. The fraction of sp³-hybridized carbons (Fsp3) is 0.500. The van der Waals surface area contributed by atoms with Gasteiger partial charge in [0, 0.05) is 11.1 Å². The van der Waals surface area contributed by atoms with E-state index in [4.69, 9.17) is 9.47 Å². The molecule has 120 valence electrons. The molecule has 7 nitrogen and oxygen atoms in total. The highest BCUT2D eigenvalue weighted by Gasteiger charge is 2.30. The normalized spacial score (nSPS) is 13.9. The van der Waals surface area contributed by atoms with Crippen LogP contribution in [-0.2, 0) is 23.9 Å². The lowest BCUT2D eigenvalue weighted by Gasteiger charge is -2.29. The fourth-order valence-electron chi connectivity index (χ4n) is 1.45.